The highest BCUT2D eigenvalue weighted by molar-refractivity contribution is 7.71. The molecule has 7 N–H and O–H groups in total. The van der Waals surface area contributed by atoms with Crippen LogP contribution in [0, 0.1) is 4.77 Å². The number of phosphoric ester groups is 1. The van der Waals surface area contributed by atoms with Gasteiger partial charge in [-0.2, -0.15) is 8.62 Å². The van der Waals surface area contributed by atoms with E-state index in [4.69, 9.17) is 42.9 Å². The van der Waals surface area contributed by atoms with Gasteiger partial charge in [0.25, 0.3) is 0 Å². The number of hydrogen-bond donors (Lipinski definition) is 6. The average Bonchev–Trinajstić information content (AvgIpc) is 2.83. The van der Waals surface area contributed by atoms with E-state index in [0.29, 0.717) is 0 Å². The number of ether oxygens (including phenoxy) is 1. The van der Waals surface area contributed by atoms with Crippen molar-refractivity contribution in [2.45, 2.75) is 24.2 Å². The molecule has 1 aromatic heterocycles. The summed E-state index contributed by atoms with van der Waals surface area (Å²) in [6.45, 7) is -1.45. The zero-order chi connectivity index (χ0) is 24.5. The van der Waals surface area contributed by atoms with E-state index in [-0.39, 0.29) is 10.6 Å². The normalized spacial score (nSPS) is 29.6. The van der Waals surface area contributed by atoms with E-state index < -0.39 is 54.3 Å². The Morgan fingerprint density at radius 3 is 2.50 bits per heavy atom. The molecule has 1 saturated heterocycles. The number of rotatable bonds is 9. The van der Waals surface area contributed by atoms with E-state index in [1.807, 2.05) is 0 Å². The molecule has 2 rings (SSSR count). The minimum atomic E-state index is -5.85. The maximum atomic E-state index is 14.7. The number of aliphatic hydroxyl groups excluding tert-OH is 1. The van der Waals surface area contributed by atoms with Gasteiger partial charge in [0.15, 0.2) is 12.4 Å². The van der Waals surface area contributed by atoms with Gasteiger partial charge in [-0.15, -0.1) is 0 Å². The molecule has 0 spiro atoms. The van der Waals surface area contributed by atoms with Crippen LogP contribution in [0.1, 0.15) is 6.23 Å². The third-order valence-corrected chi connectivity index (χ3v) is 7.64. The number of alkyl halides is 1. The van der Waals surface area contributed by atoms with Gasteiger partial charge >= 0.3 is 23.5 Å². The highest BCUT2D eigenvalue weighted by atomic mass is 32.1. The summed E-state index contributed by atoms with van der Waals surface area (Å²) in [5, 5.41) is 13.3. The van der Waals surface area contributed by atoms with Gasteiger partial charge < -0.3 is 35.2 Å². The molecule has 6 atom stereocenters. The third-order valence-electron chi connectivity index (χ3n) is 3.55. The van der Waals surface area contributed by atoms with Crippen LogP contribution < -0.4 is 5.73 Å². The van der Waals surface area contributed by atoms with Crippen LogP contribution in [0.25, 0.3) is 10.4 Å². The summed E-state index contributed by atoms with van der Waals surface area (Å²) in [6, 6.07) is 1.19. The van der Waals surface area contributed by atoms with Gasteiger partial charge in [-0.25, -0.2) is 23.1 Å². The lowest BCUT2D eigenvalue weighted by atomic mass is 10.1. The second-order valence-corrected chi connectivity index (χ2v) is 10.6. The van der Waals surface area contributed by atoms with E-state index in [0.717, 1.165) is 10.8 Å². The topological polar surface area (TPSA) is 282 Å². The molecule has 18 nitrogen and oxygen atoms in total. The molecule has 23 heteroatoms. The number of nitrogens with two attached hydrogens (primary N) is 1. The summed E-state index contributed by atoms with van der Waals surface area (Å²) in [5.41, 5.74) is 11.5. The Morgan fingerprint density at radius 2 is 1.97 bits per heavy atom. The lowest BCUT2D eigenvalue weighted by molar-refractivity contribution is -0.122. The van der Waals surface area contributed by atoms with E-state index in [9.17, 15) is 28.1 Å². The van der Waals surface area contributed by atoms with Crippen LogP contribution in [-0.2, 0) is 31.6 Å². The smallest absolute Gasteiger partial charge is 0.387 e. The van der Waals surface area contributed by atoms with Gasteiger partial charge in [0, 0.05) is 11.1 Å². The zero-order valence-electron chi connectivity index (χ0n) is 15.1. The monoisotopic (exact) mass is 542 g/mol. The number of azide groups is 1. The Bertz CT molecular complexity index is 1130. The van der Waals surface area contributed by atoms with Crippen molar-refractivity contribution < 1.29 is 60.6 Å². The van der Waals surface area contributed by atoms with E-state index in [1.165, 1.54) is 6.07 Å². The summed E-state index contributed by atoms with van der Waals surface area (Å²) in [7, 11) is -17.2. The first-order valence-electron chi connectivity index (χ1n) is 7.70. The standard InChI is InChI=1S/C9H14FN6O12P3S/c10-5-6(17)9(14-15-12,26-7(5)16-2-1-4(11)13-8(16)32)3-25-30(21,22)28-31(23,24)27-29(18,19)20/h1-2,5-7,17H,3H2,(H,21,22)(H,23,24)(H2,11,13,32)(H2,18,19,20)/t5?,6-,7-,9-/m1/s1. The van der Waals surface area contributed by atoms with Crippen molar-refractivity contribution >= 4 is 41.5 Å². The molecule has 3 unspecified atom stereocenters. The third kappa shape index (κ3) is 6.60. The Kier molecular flexibility index (Phi) is 7.99. The Morgan fingerprint density at radius 1 is 1.34 bits per heavy atom. The van der Waals surface area contributed by atoms with Gasteiger partial charge in [-0.05, 0) is 23.8 Å². The summed E-state index contributed by atoms with van der Waals surface area (Å²) in [4.78, 5) is 41.7. The fourth-order valence-electron chi connectivity index (χ4n) is 2.36. The molecule has 1 aliphatic heterocycles. The maximum absolute atomic E-state index is 14.7. The van der Waals surface area contributed by atoms with Crippen LogP contribution >= 0.6 is 35.7 Å². The fourth-order valence-corrected chi connectivity index (χ4v) is 5.68. The van der Waals surface area contributed by atoms with E-state index in [1.54, 1.807) is 0 Å². The van der Waals surface area contributed by atoms with Crippen LogP contribution in [0.2, 0.25) is 0 Å². The van der Waals surface area contributed by atoms with Crippen LogP contribution in [0.4, 0.5) is 10.2 Å². The number of nitrogens with zero attached hydrogens (tertiary/aromatic N) is 5. The van der Waals surface area contributed by atoms with Gasteiger partial charge in [0.1, 0.15) is 11.9 Å². The molecular formula is C9H14FN6O12P3S. The molecule has 1 aliphatic rings. The molecule has 0 radical (unpaired) electrons. The molecule has 0 aliphatic carbocycles. The van der Waals surface area contributed by atoms with Gasteiger partial charge in [-0.3, -0.25) is 9.09 Å². The predicted octanol–water partition coefficient (Wildman–Crippen LogP) is 0.772. The second kappa shape index (κ2) is 9.50. The Labute approximate surface area is 181 Å². The van der Waals surface area contributed by atoms with Crippen LogP contribution in [0.15, 0.2) is 17.4 Å². The molecule has 1 aromatic rings. The first kappa shape index (κ1) is 26.9. The van der Waals surface area contributed by atoms with Crippen molar-refractivity contribution in [1.82, 2.24) is 9.55 Å². The molecule has 180 valence electrons. The van der Waals surface area contributed by atoms with Crippen molar-refractivity contribution in [1.29, 1.82) is 0 Å². The van der Waals surface area contributed by atoms with Crippen molar-refractivity contribution in [3.05, 3.63) is 27.5 Å². The number of aromatic nitrogens is 2. The number of hydrogen-bond acceptors (Lipinski definition) is 12. The first-order valence-corrected chi connectivity index (χ1v) is 12.6. The van der Waals surface area contributed by atoms with E-state index >= 15 is 0 Å². The number of phosphoric acid groups is 3. The quantitative estimate of drug-likeness (QED) is 0.0826. The SMILES string of the molecule is [N-]=[N+]=N[C@]1(COP(=O)(O)OP(=O)(O)OP(=O)(O)O)O[C@@H](n2ccc(N)nc2=S)C(F)[C@H]1O. The van der Waals surface area contributed by atoms with Crippen LogP contribution in [0.5, 0.6) is 0 Å². The molecule has 32 heavy (non-hydrogen) atoms. The Hall–Kier alpha value is -1.33. The van der Waals surface area contributed by atoms with E-state index in [2.05, 4.69) is 28.2 Å². The molecule has 2 heterocycles. The van der Waals surface area contributed by atoms with Gasteiger partial charge in [0.2, 0.25) is 10.5 Å². The van der Waals surface area contributed by atoms with Crippen molar-refractivity contribution in [2.75, 3.05) is 12.3 Å². The summed E-state index contributed by atoms with van der Waals surface area (Å²) >= 11 is 4.90. The lowest BCUT2D eigenvalue weighted by Gasteiger charge is -2.27. The number of halogens is 1. The highest BCUT2D eigenvalue weighted by Crippen LogP contribution is 2.66. The molecule has 0 bridgehead atoms. The van der Waals surface area contributed by atoms with Crippen LogP contribution in [0.3, 0.4) is 0 Å². The number of anilines is 1. The second-order valence-electron chi connectivity index (χ2n) is 5.84. The average molecular weight is 542 g/mol. The summed E-state index contributed by atoms with van der Waals surface area (Å²) < 4.78 is 65.7. The molecular weight excluding hydrogens is 528 g/mol. The van der Waals surface area contributed by atoms with Crippen molar-refractivity contribution in [2.24, 2.45) is 5.11 Å². The largest absolute Gasteiger partial charge is 0.490 e. The predicted molar refractivity (Wildman–Crippen MR) is 100 cm³/mol. The molecule has 0 saturated carbocycles. The molecule has 0 aromatic carbocycles. The summed E-state index contributed by atoms with van der Waals surface area (Å²) in [6.07, 6.45) is -5.37. The first-order chi connectivity index (χ1) is 14.5. The minimum absolute atomic E-state index is 0.0332. The maximum Gasteiger partial charge on any atom is 0.490 e. The fraction of sp³-hybridized carbons (Fsp3) is 0.556. The number of nitrogen functional groups attached to an aromatic ring is 1. The highest BCUT2D eigenvalue weighted by Gasteiger charge is 2.57. The Balaban J connectivity index is 2.28. The summed E-state index contributed by atoms with van der Waals surface area (Å²) in [5.74, 6) is -0.0332. The minimum Gasteiger partial charge on any atom is -0.387 e. The lowest BCUT2D eigenvalue weighted by Crippen LogP contribution is -2.44. The van der Waals surface area contributed by atoms with Gasteiger partial charge in [-0.1, -0.05) is 5.11 Å². The van der Waals surface area contributed by atoms with Crippen LogP contribution in [-0.4, -0.2) is 58.8 Å². The molecule has 0 amide bonds. The van der Waals surface area contributed by atoms with Crippen molar-refractivity contribution in [3.8, 4) is 0 Å². The van der Waals surface area contributed by atoms with Crippen molar-refractivity contribution in [3.63, 3.8) is 0 Å². The molecule has 1 fully saturated rings. The zero-order valence-corrected chi connectivity index (χ0v) is 18.6. The number of aliphatic hydroxyl groups is 1. The van der Waals surface area contributed by atoms with Gasteiger partial charge in [0.05, 0.1) is 6.61 Å².